The van der Waals surface area contributed by atoms with Crippen molar-refractivity contribution in [2.75, 3.05) is 0 Å². The molecule has 12 nitrogen and oxygen atoms in total. The van der Waals surface area contributed by atoms with E-state index in [2.05, 4.69) is 0 Å². The van der Waals surface area contributed by atoms with E-state index >= 15 is 0 Å². The summed E-state index contributed by atoms with van der Waals surface area (Å²) in [7, 11) is -22.1. The van der Waals surface area contributed by atoms with Crippen molar-refractivity contribution in [1.29, 1.82) is 0 Å². The van der Waals surface area contributed by atoms with Crippen LogP contribution in [0.5, 0.6) is 0 Å². The molecule has 0 aromatic heterocycles. The summed E-state index contributed by atoms with van der Waals surface area (Å²) in [4.78, 5) is 64.6. The van der Waals surface area contributed by atoms with Gasteiger partial charge in [0.25, 0.3) is 0 Å². The third kappa shape index (κ3) is 4260. The smallest absolute Gasteiger partial charge is 0.786 e. The standard InChI is InChI=1S/4FH2O3P.U/c4*1-5(2,3)4;/h4*(H2,2,3,4);/q;;;;+6/p-6. The average Bonchev–Trinajstić information content (AvgIpc) is 1.62. The Morgan fingerprint density at radius 1 is 0.571 bits per heavy atom. The van der Waals surface area contributed by atoms with Crippen molar-refractivity contribution in [3.8, 4) is 0 Å². The summed E-state index contributed by atoms with van der Waals surface area (Å²) < 4.78 is 74.7. The number of rotatable bonds is 0. The summed E-state index contributed by atoms with van der Waals surface area (Å²) in [5.74, 6) is 0. The maximum atomic E-state index is 10.4. The molecule has 21 heteroatoms. The molecule has 0 aromatic carbocycles. The van der Waals surface area contributed by atoms with Crippen LogP contribution < -0.4 is 29.4 Å². The molecular weight excluding hydrogens is 630 g/mol. The second-order valence-electron chi connectivity index (χ2n) is 1.76. The molecule has 0 unspecified atom stereocenters. The second-order valence-corrected chi connectivity index (χ2v) is 5.29. The van der Waals surface area contributed by atoms with E-state index in [0.29, 0.717) is 0 Å². The van der Waals surface area contributed by atoms with Gasteiger partial charge in [-0.2, -0.15) is 0 Å². The van der Waals surface area contributed by atoms with Crippen molar-refractivity contribution in [3.05, 3.63) is 0 Å². The van der Waals surface area contributed by atoms with Crippen molar-refractivity contribution in [2.24, 2.45) is 0 Å². The molecule has 0 aliphatic carbocycles. The molecule has 0 atom stereocenters. The largest absolute Gasteiger partial charge is 6.00 e. The fraction of sp³-hybridized carbons (Fsp3) is 0. The van der Waals surface area contributed by atoms with Crippen LogP contribution in [-0.4, -0.2) is 9.79 Å². The molecule has 0 amide bonds. The van der Waals surface area contributed by atoms with E-state index in [1.54, 1.807) is 0 Å². The normalized spacial score (nSPS) is 11.2. The van der Waals surface area contributed by atoms with Gasteiger partial charge in [-0.3, -0.25) is 9.79 Å². The zero-order valence-corrected chi connectivity index (χ0v) is 16.5. The summed E-state index contributed by atoms with van der Waals surface area (Å²) in [6, 6.07) is 0. The van der Waals surface area contributed by atoms with Gasteiger partial charge in [0, 0.05) is 0 Å². The Hall–Kier alpha value is 1.37. The third-order valence-electron chi connectivity index (χ3n) is 0. The maximum Gasteiger partial charge on any atom is 6.00 e. The van der Waals surface area contributed by atoms with Gasteiger partial charge in [0.15, 0.2) is 0 Å². The van der Waals surface area contributed by atoms with Crippen molar-refractivity contribution in [1.82, 2.24) is 0 Å². The van der Waals surface area contributed by atoms with Crippen molar-refractivity contribution >= 4 is 31.6 Å². The van der Waals surface area contributed by atoms with Crippen LogP contribution in [0.4, 0.5) is 16.8 Å². The zero-order valence-electron chi connectivity index (χ0n) is 8.78. The maximum absolute atomic E-state index is 10.4. The third-order valence-corrected chi connectivity index (χ3v) is 0. The molecule has 2 N–H and O–H groups in total. The predicted molar refractivity (Wildman–Crippen MR) is 39.3 cm³/mol. The molecule has 0 aliphatic heterocycles. The predicted octanol–water partition coefficient (Wildman–Crippen LogP) is -3.60. The minimum Gasteiger partial charge on any atom is -0.786 e. The molecule has 0 heterocycles. The molecule has 0 aromatic rings. The Balaban J connectivity index is -0.0000000533. The van der Waals surface area contributed by atoms with Gasteiger partial charge in [0.2, 0.25) is 0 Å². The first-order valence-corrected chi connectivity index (χ1v) is 8.71. The van der Waals surface area contributed by atoms with E-state index in [0.717, 1.165) is 0 Å². The van der Waals surface area contributed by atoms with Gasteiger partial charge in [-0.05, 0) is 0 Å². The van der Waals surface area contributed by atoms with E-state index in [1.165, 1.54) is 0 Å². The molecule has 0 fully saturated rings. The zero-order chi connectivity index (χ0) is 18.0. The van der Waals surface area contributed by atoms with Crippen LogP contribution in [0.1, 0.15) is 0 Å². The molecule has 0 saturated heterocycles. The molecule has 0 bridgehead atoms. The van der Waals surface area contributed by atoms with Crippen molar-refractivity contribution in [2.45, 2.75) is 0 Å². The molecule has 0 rings (SSSR count). The molecule has 0 spiro atoms. The SMILES string of the molecule is O=P(O)(O)F.O=P([O-])([O-])F.O=P([O-])([O-])F.O=P([O-])([O-])F.[U+6]. The minimum absolute atomic E-state index is 0. The first kappa shape index (κ1) is 33.9. The first-order valence-electron chi connectivity index (χ1n) is 2.90. The summed E-state index contributed by atoms with van der Waals surface area (Å²) >= 11 is 0. The summed E-state index contributed by atoms with van der Waals surface area (Å²) in [5.41, 5.74) is 0. The van der Waals surface area contributed by atoms with Gasteiger partial charge in [0.05, 0.1) is 0 Å². The van der Waals surface area contributed by atoms with Crippen molar-refractivity contribution in [3.63, 3.8) is 0 Å². The van der Waals surface area contributed by atoms with E-state index < -0.39 is 31.6 Å². The van der Waals surface area contributed by atoms with Gasteiger partial charge in [-0.25, -0.2) is 17.2 Å². The van der Waals surface area contributed by atoms with Crippen LogP contribution in [0, 0.1) is 31.1 Å². The van der Waals surface area contributed by atoms with Crippen LogP contribution in [-0.2, 0) is 18.3 Å². The van der Waals surface area contributed by atoms with Crippen LogP contribution in [0.15, 0.2) is 0 Å². The van der Waals surface area contributed by atoms with Crippen LogP contribution >= 0.6 is 31.6 Å². The fourth-order valence-electron chi connectivity index (χ4n) is 0. The monoisotopic (exact) mass is 632 g/mol. The van der Waals surface area contributed by atoms with Crippen molar-refractivity contribution < 1.29 is 105 Å². The van der Waals surface area contributed by atoms with E-state index in [1.807, 2.05) is 0 Å². The Labute approximate surface area is 137 Å². The van der Waals surface area contributed by atoms with E-state index in [4.69, 9.17) is 57.4 Å². The quantitative estimate of drug-likeness (QED) is 0.194. The molecule has 0 radical (unpaired) electrons. The Bertz CT molecular complexity index is 298. The van der Waals surface area contributed by atoms with Gasteiger partial charge >= 0.3 is 39.0 Å². The number of hydrogen-bond acceptors (Lipinski definition) is 10. The van der Waals surface area contributed by atoms with Gasteiger partial charge < -0.3 is 43.1 Å². The van der Waals surface area contributed by atoms with Gasteiger partial charge in [0.1, 0.15) is 23.7 Å². The molecule has 21 heavy (non-hydrogen) atoms. The first-order chi connectivity index (χ1) is 8.00. The number of hydrogen-bond donors (Lipinski definition) is 2. The summed E-state index contributed by atoms with van der Waals surface area (Å²) in [6.45, 7) is 0. The van der Waals surface area contributed by atoms with Gasteiger partial charge in [-0.15, -0.1) is 4.20 Å². The Morgan fingerprint density at radius 2 is 0.571 bits per heavy atom. The minimum atomic E-state index is -5.64. The van der Waals surface area contributed by atoms with E-state index in [-0.39, 0.29) is 31.1 Å². The Morgan fingerprint density at radius 3 is 0.571 bits per heavy atom. The summed E-state index contributed by atoms with van der Waals surface area (Å²) in [6.07, 6.45) is 0. The molecular formula is H2F4O12P4U. The molecule has 126 valence electrons. The Kier molecular flexibility index (Phi) is 22.2. The van der Waals surface area contributed by atoms with Crippen LogP contribution in [0.2, 0.25) is 0 Å². The molecule has 0 aliphatic rings. The van der Waals surface area contributed by atoms with Gasteiger partial charge in [-0.1, -0.05) is 0 Å². The average molecular weight is 632 g/mol. The second kappa shape index (κ2) is 13.8. The number of halogens is 4. The summed E-state index contributed by atoms with van der Waals surface area (Å²) in [5, 5.41) is 0. The van der Waals surface area contributed by atoms with E-state index in [9.17, 15) is 16.8 Å². The topological polar surface area (TPSA) is 247 Å². The molecule has 0 saturated carbocycles. The van der Waals surface area contributed by atoms with Crippen LogP contribution in [0.3, 0.4) is 0 Å². The fourth-order valence-corrected chi connectivity index (χ4v) is 0. The van der Waals surface area contributed by atoms with Crippen LogP contribution in [0.25, 0.3) is 0 Å².